The predicted octanol–water partition coefficient (Wildman–Crippen LogP) is 2.81. The van der Waals surface area contributed by atoms with Gasteiger partial charge in [-0.2, -0.15) is 8.42 Å². The fourth-order valence-corrected chi connectivity index (χ4v) is 4.15. The second-order valence-corrected chi connectivity index (χ2v) is 8.44. The number of nitro groups is 1. The van der Waals surface area contributed by atoms with Crippen molar-refractivity contribution in [2.24, 2.45) is 0 Å². The van der Waals surface area contributed by atoms with Gasteiger partial charge in [-0.15, -0.1) is 10.2 Å². The number of hydrogen-bond acceptors (Lipinski definition) is 8. The zero-order valence-electron chi connectivity index (χ0n) is 14.3. The summed E-state index contributed by atoms with van der Waals surface area (Å²) < 4.78 is 26.6. The minimum absolute atomic E-state index is 0.00548. The molecule has 0 aliphatic rings. The number of nitro benzene ring substituents is 1. The van der Waals surface area contributed by atoms with Crippen molar-refractivity contribution in [2.45, 2.75) is 11.3 Å². The van der Waals surface area contributed by atoms with Crippen LogP contribution < -0.4 is 10.0 Å². The van der Waals surface area contributed by atoms with Crippen LogP contribution in [0.4, 0.5) is 16.5 Å². The maximum absolute atomic E-state index is 12.4. The molecular weight excluding hydrogens is 406 g/mol. The Morgan fingerprint density at radius 1 is 1.14 bits per heavy atom. The van der Waals surface area contributed by atoms with Gasteiger partial charge >= 0.3 is 0 Å². The summed E-state index contributed by atoms with van der Waals surface area (Å²) in [7, 11) is -4.12. The van der Waals surface area contributed by atoms with Crippen LogP contribution in [0.3, 0.4) is 0 Å². The molecule has 0 bridgehead atoms. The van der Waals surface area contributed by atoms with Gasteiger partial charge in [-0.1, -0.05) is 35.1 Å². The third-order valence-corrected chi connectivity index (χ3v) is 6.03. The second kappa shape index (κ2) is 7.70. The molecule has 28 heavy (non-hydrogen) atoms. The molecule has 12 heteroatoms. The van der Waals surface area contributed by atoms with Crippen LogP contribution in [-0.4, -0.2) is 29.4 Å². The number of rotatable bonds is 6. The molecule has 0 fully saturated rings. The zero-order valence-corrected chi connectivity index (χ0v) is 16.0. The summed E-state index contributed by atoms with van der Waals surface area (Å²) in [4.78, 5) is 22.4. The van der Waals surface area contributed by atoms with Crippen molar-refractivity contribution >= 4 is 43.8 Å². The molecule has 0 radical (unpaired) electrons. The van der Waals surface area contributed by atoms with Crippen molar-refractivity contribution in [3.05, 3.63) is 69.8 Å². The number of aryl methyl sites for hydroxylation is 1. The van der Waals surface area contributed by atoms with E-state index in [-0.39, 0.29) is 16.5 Å². The molecule has 0 saturated carbocycles. The molecule has 0 aliphatic heterocycles. The fourth-order valence-electron chi connectivity index (χ4n) is 2.21. The Hall–Kier alpha value is -3.38. The minimum atomic E-state index is -4.12. The maximum atomic E-state index is 12.4. The Labute approximate surface area is 163 Å². The van der Waals surface area contributed by atoms with Crippen LogP contribution in [0.5, 0.6) is 0 Å². The van der Waals surface area contributed by atoms with Crippen LogP contribution in [0.1, 0.15) is 15.9 Å². The average molecular weight is 419 g/mol. The number of carbonyl (C=O) groups is 1. The van der Waals surface area contributed by atoms with Crippen molar-refractivity contribution in [3.8, 4) is 0 Å². The molecule has 2 N–H and O–H groups in total. The lowest BCUT2D eigenvalue weighted by Crippen LogP contribution is -2.12. The van der Waals surface area contributed by atoms with Gasteiger partial charge in [-0.3, -0.25) is 24.9 Å². The molecule has 2 aromatic carbocycles. The van der Waals surface area contributed by atoms with E-state index in [1.54, 1.807) is 18.2 Å². The van der Waals surface area contributed by atoms with E-state index in [2.05, 4.69) is 20.2 Å². The van der Waals surface area contributed by atoms with Crippen LogP contribution in [0, 0.1) is 17.0 Å². The maximum Gasteiger partial charge on any atom is 0.291 e. The molecule has 3 aromatic rings. The van der Waals surface area contributed by atoms with Gasteiger partial charge < -0.3 is 0 Å². The molecule has 1 aromatic heterocycles. The molecule has 10 nitrogen and oxygen atoms in total. The van der Waals surface area contributed by atoms with E-state index in [1.807, 2.05) is 13.0 Å². The van der Waals surface area contributed by atoms with Gasteiger partial charge in [0.05, 0.1) is 10.6 Å². The number of benzene rings is 2. The van der Waals surface area contributed by atoms with Gasteiger partial charge in [-0.05, 0) is 25.1 Å². The lowest BCUT2D eigenvalue weighted by atomic mass is 10.1. The second-order valence-electron chi connectivity index (χ2n) is 5.61. The van der Waals surface area contributed by atoms with Gasteiger partial charge in [0.25, 0.3) is 26.0 Å². The lowest BCUT2D eigenvalue weighted by molar-refractivity contribution is -0.384. The molecule has 3 rings (SSSR count). The molecule has 1 heterocycles. The van der Waals surface area contributed by atoms with E-state index in [9.17, 15) is 23.3 Å². The highest BCUT2D eigenvalue weighted by Gasteiger charge is 2.22. The van der Waals surface area contributed by atoms with Crippen molar-refractivity contribution in [3.63, 3.8) is 0 Å². The van der Waals surface area contributed by atoms with E-state index in [0.717, 1.165) is 11.6 Å². The average Bonchev–Trinajstić information content (AvgIpc) is 3.11. The largest absolute Gasteiger partial charge is 0.296 e. The van der Waals surface area contributed by atoms with Gasteiger partial charge in [0, 0.05) is 17.7 Å². The fraction of sp³-hybridized carbons (Fsp3) is 0.0625. The Balaban J connectivity index is 1.76. The van der Waals surface area contributed by atoms with Crippen molar-refractivity contribution in [1.29, 1.82) is 0 Å². The van der Waals surface area contributed by atoms with E-state index in [1.165, 1.54) is 18.2 Å². The van der Waals surface area contributed by atoms with Crippen LogP contribution >= 0.6 is 11.3 Å². The number of aromatic nitrogens is 2. The van der Waals surface area contributed by atoms with Crippen LogP contribution in [0.25, 0.3) is 0 Å². The number of non-ortho nitro benzene ring substituents is 1. The topological polar surface area (TPSA) is 144 Å². The first-order valence-electron chi connectivity index (χ1n) is 7.73. The highest BCUT2D eigenvalue weighted by molar-refractivity contribution is 7.94. The number of nitrogens with zero attached hydrogens (tertiary/aromatic N) is 3. The van der Waals surface area contributed by atoms with Gasteiger partial charge in [0.2, 0.25) is 5.13 Å². The third kappa shape index (κ3) is 4.47. The highest BCUT2D eigenvalue weighted by Crippen LogP contribution is 2.24. The van der Waals surface area contributed by atoms with E-state index < -0.39 is 25.2 Å². The van der Waals surface area contributed by atoms with Crippen LogP contribution in [0.2, 0.25) is 0 Å². The van der Waals surface area contributed by atoms with E-state index in [4.69, 9.17) is 0 Å². The molecule has 1 amide bonds. The Morgan fingerprint density at radius 2 is 1.89 bits per heavy atom. The van der Waals surface area contributed by atoms with Crippen molar-refractivity contribution < 1.29 is 18.1 Å². The first-order valence-corrected chi connectivity index (χ1v) is 10.0. The first-order chi connectivity index (χ1) is 13.2. The van der Waals surface area contributed by atoms with Gasteiger partial charge in [0.15, 0.2) is 0 Å². The SMILES string of the molecule is Cc1cccc(C(=O)Nc2nnc(S(=O)(=O)Nc3cccc([N+](=O)[O-])c3)s2)c1. The zero-order chi connectivity index (χ0) is 20.3. The number of hydrogen-bond donors (Lipinski definition) is 2. The van der Waals surface area contributed by atoms with Crippen molar-refractivity contribution in [1.82, 2.24) is 10.2 Å². The molecule has 0 spiro atoms. The summed E-state index contributed by atoms with van der Waals surface area (Å²) in [6, 6.07) is 11.9. The summed E-state index contributed by atoms with van der Waals surface area (Å²) in [6.07, 6.45) is 0. The monoisotopic (exact) mass is 419 g/mol. The molecule has 0 saturated heterocycles. The highest BCUT2D eigenvalue weighted by atomic mass is 32.2. The number of sulfonamides is 1. The Bertz CT molecular complexity index is 1160. The standard InChI is InChI=1S/C16H13N5O5S2/c1-10-4-2-5-11(8-10)14(22)17-15-18-19-16(27-15)28(25,26)20-12-6-3-7-13(9-12)21(23)24/h2-9,20H,1H3,(H,17,18,22). The summed E-state index contributed by atoms with van der Waals surface area (Å²) in [5, 5.41) is 20.5. The first kappa shape index (κ1) is 19.4. The third-order valence-electron chi connectivity index (χ3n) is 3.45. The Morgan fingerprint density at radius 3 is 2.61 bits per heavy atom. The Kier molecular flexibility index (Phi) is 5.33. The van der Waals surface area contributed by atoms with E-state index >= 15 is 0 Å². The number of anilines is 2. The van der Waals surface area contributed by atoms with Gasteiger partial charge in [-0.25, -0.2) is 0 Å². The summed E-state index contributed by atoms with van der Waals surface area (Å²) in [5.41, 5.74) is 1.04. The predicted molar refractivity (Wildman–Crippen MR) is 103 cm³/mol. The summed E-state index contributed by atoms with van der Waals surface area (Å²) >= 11 is 0.658. The summed E-state index contributed by atoms with van der Waals surface area (Å²) in [6.45, 7) is 1.84. The van der Waals surface area contributed by atoms with E-state index in [0.29, 0.717) is 16.9 Å². The normalized spacial score (nSPS) is 11.0. The number of nitrogens with one attached hydrogen (secondary N) is 2. The summed E-state index contributed by atoms with van der Waals surface area (Å²) in [5.74, 6) is -0.449. The molecule has 0 aliphatic carbocycles. The number of carbonyl (C=O) groups excluding carboxylic acids is 1. The molecule has 0 atom stereocenters. The van der Waals surface area contributed by atoms with Gasteiger partial charge in [0.1, 0.15) is 0 Å². The quantitative estimate of drug-likeness (QED) is 0.355. The number of amides is 1. The molecule has 144 valence electrons. The lowest BCUT2D eigenvalue weighted by Gasteiger charge is -2.04. The van der Waals surface area contributed by atoms with Crippen LogP contribution in [-0.2, 0) is 10.0 Å². The smallest absolute Gasteiger partial charge is 0.291 e. The molecule has 0 unspecified atom stereocenters. The van der Waals surface area contributed by atoms with Crippen LogP contribution in [0.15, 0.2) is 52.9 Å². The van der Waals surface area contributed by atoms with Crippen molar-refractivity contribution in [2.75, 3.05) is 10.0 Å². The minimum Gasteiger partial charge on any atom is -0.296 e. The molecular formula is C16H13N5O5S2.